The van der Waals surface area contributed by atoms with Crippen molar-refractivity contribution in [3.63, 3.8) is 0 Å². The standard InChI is InChI=1S/C25H32Cl2N2O2S/c1-4-23(25(31)28-15-18(2)3)29(16-20-21(26)11-8-12-22(20)27)24(30)13-14-32-17-19-9-6-5-7-10-19/h5-12,18,23H,4,13-17H2,1-3H3,(H,28,31)/t23-/m0/s1. The minimum absolute atomic E-state index is 0.0758. The molecule has 0 heterocycles. The van der Waals surface area contributed by atoms with Crippen LogP contribution >= 0.6 is 35.0 Å². The molecule has 174 valence electrons. The molecule has 0 aliphatic heterocycles. The Hall–Kier alpha value is -1.69. The number of hydrogen-bond acceptors (Lipinski definition) is 3. The molecule has 0 fully saturated rings. The van der Waals surface area contributed by atoms with Gasteiger partial charge in [-0.25, -0.2) is 0 Å². The van der Waals surface area contributed by atoms with Crippen LogP contribution in [0.5, 0.6) is 0 Å². The Kier molecular flexibility index (Phi) is 11.4. The van der Waals surface area contributed by atoms with Crippen LogP contribution in [0.2, 0.25) is 10.0 Å². The van der Waals surface area contributed by atoms with Gasteiger partial charge in [0, 0.05) is 46.6 Å². The molecule has 0 radical (unpaired) electrons. The number of hydrogen-bond donors (Lipinski definition) is 1. The molecule has 2 amide bonds. The zero-order chi connectivity index (χ0) is 23.5. The highest BCUT2D eigenvalue weighted by atomic mass is 35.5. The molecular formula is C25H32Cl2N2O2S. The Morgan fingerprint density at radius 3 is 2.28 bits per heavy atom. The number of nitrogens with one attached hydrogen (secondary N) is 1. The lowest BCUT2D eigenvalue weighted by Crippen LogP contribution is -2.49. The van der Waals surface area contributed by atoms with Crippen LogP contribution in [-0.4, -0.2) is 35.1 Å². The van der Waals surface area contributed by atoms with Crippen LogP contribution < -0.4 is 5.32 Å². The predicted molar refractivity (Wildman–Crippen MR) is 136 cm³/mol. The van der Waals surface area contributed by atoms with Crippen LogP contribution in [0.1, 0.15) is 44.7 Å². The summed E-state index contributed by atoms with van der Waals surface area (Å²) in [6, 6.07) is 14.9. The summed E-state index contributed by atoms with van der Waals surface area (Å²) in [5.74, 6) is 1.62. The number of benzene rings is 2. The molecule has 2 aromatic rings. The van der Waals surface area contributed by atoms with Crippen LogP contribution in [-0.2, 0) is 21.9 Å². The van der Waals surface area contributed by atoms with Crippen molar-refractivity contribution >= 4 is 46.8 Å². The van der Waals surface area contributed by atoms with Crippen molar-refractivity contribution in [1.29, 1.82) is 0 Å². The van der Waals surface area contributed by atoms with Gasteiger partial charge in [-0.05, 0) is 30.0 Å². The molecule has 1 atom stereocenters. The van der Waals surface area contributed by atoms with E-state index in [1.165, 1.54) is 5.56 Å². The average molecular weight is 496 g/mol. The van der Waals surface area contributed by atoms with Gasteiger partial charge >= 0.3 is 0 Å². The molecule has 0 spiro atoms. The van der Waals surface area contributed by atoms with Gasteiger partial charge in [0.2, 0.25) is 11.8 Å². The first-order chi connectivity index (χ1) is 15.3. The van der Waals surface area contributed by atoms with Gasteiger partial charge in [0.05, 0.1) is 0 Å². The number of amides is 2. The Balaban J connectivity index is 2.12. The molecule has 0 saturated carbocycles. The normalized spacial score (nSPS) is 11.9. The zero-order valence-electron chi connectivity index (χ0n) is 18.9. The monoisotopic (exact) mass is 494 g/mol. The Morgan fingerprint density at radius 1 is 1.03 bits per heavy atom. The van der Waals surface area contributed by atoms with Crippen LogP contribution in [0.15, 0.2) is 48.5 Å². The minimum Gasteiger partial charge on any atom is -0.354 e. The van der Waals surface area contributed by atoms with E-state index in [0.29, 0.717) is 46.7 Å². The van der Waals surface area contributed by atoms with Gasteiger partial charge in [0.15, 0.2) is 0 Å². The summed E-state index contributed by atoms with van der Waals surface area (Å²) in [6.45, 7) is 6.76. The fraction of sp³-hybridized carbons (Fsp3) is 0.440. The molecule has 0 bridgehead atoms. The molecule has 32 heavy (non-hydrogen) atoms. The molecule has 0 aliphatic rings. The van der Waals surface area contributed by atoms with E-state index in [1.807, 2.05) is 39.0 Å². The van der Waals surface area contributed by atoms with Gasteiger partial charge in [-0.1, -0.05) is 80.4 Å². The topological polar surface area (TPSA) is 49.4 Å². The van der Waals surface area contributed by atoms with Crippen LogP contribution in [0.25, 0.3) is 0 Å². The second-order valence-electron chi connectivity index (χ2n) is 8.07. The quantitative estimate of drug-likeness (QED) is 0.357. The Labute approximate surface area is 206 Å². The molecule has 2 rings (SSSR count). The van der Waals surface area contributed by atoms with Crippen molar-refractivity contribution in [1.82, 2.24) is 10.2 Å². The first-order valence-corrected chi connectivity index (χ1v) is 12.9. The van der Waals surface area contributed by atoms with Crippen LogP contribution in [0.4, 0.5) is 0 Å². The zero-order valence-corrected chi connectivity index (χ0v) is 21.3. The maximum atomic E-state index is 13.3. The van der Waals surface area contributed by atoms with Gasteiger partial charge < -0.3 is 10.2 Å². The summed E-state index contributed by atoms with van der Waals surface area (Å²) in [5.41, 5.74) is 1.89. The number of thioether (sulfide) groups is 1. The summed E-state index contributed by atoms with van der Waals surface area (Å²) >= 11 is 14.5. The number of rotatable bonds is 12. The van der Waals surface area contributed by atoms with E-state index in [0.717, 1.165) is 5.75 Å². The fourth-order valence-electron chi connectivity index (χ4n) is 3.26. The summed E-state index contributed by atoms with van der Waals surface area (Å²) in [4.78, 5) is 27.8. The SMILES string of the molecule is CC[C@@H](C(=O)NCC(C)C)N(Cc1c(Cl)cccc1Cl)C(=O)CCSCc1ccccc1. The van der Waals surface area contributed by atoms with Crippen LogP contribution in [0.3, 0.4) is 0 Å². The first kappa shape index (κ1) is 26.6. The van der Waals surface area contributed by atoms with Crippen molar-refractivity contribution in [2.45, 2.75) is 52.0 Å². The number of carbonyl (C=O) groups excluding carboxylic acids is 2. The number of halogens is 2. The van der Waals surface area contributed by atoms with E-state index in [-0.39, 0.29) is 18.4 Å². The van der Waals surface area contributed by atoms with Crippen molar-refractivity contribution in [2.24, 2.45) is 5.92 Å². The summed E-state index contributed by atoms with van der Waals surface area (Å²) in [5, 5.41) is 3.95. The van der Waals surface area contributed by atoms with E-state index in [1.54, 1.807) is 34.9 Å². The first-order valence-electron chi connectivity index (χ1n) is 10.9. The lowest BCUT2D eigenvalue weighted by atomic mass is 10.1. The number of carbonyl (C=O) groups is 2. The molecule has 0 saturated heterocycles. The van der Waals surface area contributed by atoms with Crippen molar-refractivity contribution in [3.05, 3.63) is 69.7 Å². The largest absolute Gasteiger partial charge is 0.354 e. The molecule has 7 heteroatoms. The molecule has 2 aromatic carbocycles. The van der Waals surface area contributed by atoms with Crippen molar-refractivity contribution in [2.75, 3.05) is 12.3 Å². The second kappa shape index (κ2) is 13.8. The highest BCUT2D eigenvalue weighted by Gasteiger charge is 2.29. The second-order valence-corrected chi connectivity index (χ2v) is 9.99. The lowest BCUT2D eigenvalue weighted by Gasteiger charge is -2.31. The fourth-order valence-corrected chi connectivity index (χ4v) is 4.67. The van der Waals surface area contributed by atoms with Crippen LogP contribution in [0, 0.1) is 5.92 Å². The van der Waals surface area contributed by atoms with E-state index >= 15 is 0 Å². The van der Waals surface area contributed by atoms with Gasteiger partial charge in [-0.3, -0.25) is 9.59 Å². The maximum Gasteiger partial charge on any atom is 0.242 e. The highest BCUT2D eigenvalue weighted by Crippen LogP contribution is 2.27. The summed E-state index contributed by atoms with van der Waals surface area (Å²) < 4.78 is 0. The maximum absolute atomic E-state index is 13.3. The van der Waals surface area contributed by atoms with Gasteiger partial charge in [-0.15, -0.1) is 0 Å². The van der Waals surface area contributed by atoms with Crippen molar-refractivity contribution in [3.8, 4) is 0 Å². The molecule has 0 unspecified atom stereocenters. The van der Waals surface area contributed by atoms with E-state index in [4.69, 9.17) is 23.2 Å². The van der Waals surface area contributed by atoms with Gasteiger partial charge in [0.25, 0.3) is 0 Å². The molecule has 0 aliphatic carbocycles. The van der Waals surface area contributed by atoms with E-state index in [9.17, 15) is 9.59 Å². The van der Waals surface area contributed by atoms with E-state index < -0.39 is 6.04 Å². The molecule has 4 nitrogen and oxygen atoms in total. The van der Waals surface area contributed by atoms with Crippen molar-refractivity contribution < 1.29 is 9.59 Å². The lowest BCUT2D eigenvalue weighted by molar-refractivity contribution is -0.141. The van der Waals surface area contributed by atoms with E-state index in [2.05, 4.69) is 17.4 Å². The third-order valence-electron chi connectivity index (χ3n) is 5.03. The molecular weight excluding hydrogens is 463 g/mol. The summed E-state index contributed by atoms with van der Waals surface area (Å²) in [6.07, 6.45) is 0.850. The third kappa shape index (κ3) is 8.34. The summed E-state index contributed by atoms with van der Waals surface area (Å²) in [7, 11) is 0. The average Bonchev–Trinajstić information content (AvgIpc) is 2.77. The predicted octanol–water partition coefficient (Wildman–Crippen LogP) is 6.20. The van der Waals surface area contributed by atoms with Gasteiger partial charge in [0.1, 0.15) is 6.04 Å². The highest BCUT2D eigenvalue weighted by molar-refractivity contribution is 7.98. The molecule has 0 aromatic heterocycles. The number of nitrogens with zero attached hydrogens (tertiary/aromatic N) is 1. The molecule has 1 N–H and O–H groups in total. The smallest absolute Gasteiger partial charge is 0.242 e. The Bertz CT molecular complexity index is 857. The minimum atomic E-state index is -0.576. The van der Waals surface area contributed by atoms with Gasteiger partial charge in [-0.2, -0.15) is 11.8 Å². The Morgan fingerprint density at radius 2 is 1.69 bits per heavy atom. The third-order valence-corrected chi connectivity index (χ3v) is 6.77.